The van der Waals surface area contributed by atoms with Crippen molar-refractivity contribution >= 4 is 43.6 Å². The van der Waals surface area contributed by atoms with E-state index in [4.69, 9.17) is 4.74 Å². The normalized spacial score (nSPS) is 10.4. The number of rotatable bonds is 5. The Morgan fingerprint density at radius 3 is 2.78 bits per heavy atom. The molecule has 0 spiro atoms. The fourth-order valence-corrected chi connectivity index (χ4v) is 3.65. The van der Waals surface area contributed by atoms with Crippen LogP contribution in [-0.2, 0) is 0 Å². The first-order valence-electron chi connectivity index (χ1n) is 6.72. The van der Waals surface area contributed by atoms with Crippen LogP contribution in [0.2, 0.25) is 0 Å². The van der Waals surface area contributed by atoms with Crippen molar-refractivity contribution in [1.29, 1.82) is 5.26 Å². The van der Waals surface area contributed by atoms with Gasteiger partial charge in [-0.25, -0.2) is 4.98 Å². The number of thioether (sulfide) groups is 1. The minimum atomic E-state index is -0.459. The molecule has 0 aliphatic rings. The second-order valence-electron chi connectivity index (χ2n) is 4.52. The zero-order valence-electron chi connectivity index (χ0n) is 12.4. The van der Waals surface area contributed by atoms with E-state index >= 15 is 0 Å². The van der Waals surface area contributed by atoms with E-state index in [1.807, 2.05) is 19.1 Å². The van der Waals surface area contributed by atoms with Crippen LogP contribution in [0.25, 0.3) is 11.3 Å². The van der Waals surface area contributed by atoms with Crippen molar-refractivity contribution in [2.75, 3.05) is 12.9 Å². The van der Waals surface area contributed by atoms with Gasteiger partial charge in [-0.3, -0.25) is 4.79 Å². The maximum Gasteiger partial charge on any atom is 0.270 e. The van der Waals surface area contributed by atoms with Crippen molar-refractivity contribution in [3.63, 3.8) is 0 Å². The number of hydrogen-bond donors (Lipinski definition) is 1. The summed E-state index contributed by atoms with van der Waals surface area (Å²) in [7, 11) is 0. The number of H-pyrrole nitrogens is 1. The Hall–Kier alpha value is -1.30. The SMILES string of the molecule is CCCOc1c(Br)cc(Br)cc1-c1nc(SC)[nH]c(=O)c1C#N. The first-order valence-corrected chi connectivity index (χ1v) is 9.53. The highest BCUT2D eigenvalue weighted by atomic mass is 79.9. The predicted octanol–water partition coefficient (Wildman–Crippen LogP) is 4.34. The number of ether oxygens (including phenoxy) is 1. The summed E-state index contributed by atoms with van der Waals surface area (Å²) < 4.78 is 7.32. The van der Waals surface area contributed by atoms with E-state index in [0.717, 1.165) is 15.4 Å². The van der Waals surface area contributed by atoms with E-state index < -0.39 is 5.56 Å². The highest BCUT2D eigenvalue weighted by Crippen LogP contribution is 2.39. The number of hydrogen-bond acceptors (Lipinski definition) is 5. The monoisotopic (exact) mass is 457 g/mol. The number of aromatic nitrogens is 2. The molecule has 0 saturated carbocycles. The summed E-state index contributed by atoms with van der Waals surface area (Å²) in [6.07, 6.45) is 2.64. The molecule has 5 nitrogen and oxygen atoms in total. The lowest BCUT2D eigenvalue weighted by Crippen LogP contribution is -2.15. The molecule has 0 bridgehead atoms. The van der Waals surface area contributed by atoms with Gasteiger partial charge in [-0.1, -0.05) is 34.6 Å². The van der Waals surface area contributed by atoms with Crippen LogP contribution in [0.15, 0.2) is 31.0 Å². The molecule has 0 aliphatic carbocycles. The lowest BCUT2D eigenvalue weighted by molar-refractivity contribution is 0.316. The molecule has 1 heterocycles. The first-order chi connectivity index (χ1) is 11.0. The molecular formula is C15H13Br2N3O2S. The fraction of sp³-hybridized carbons (Fsp3) is 0.267. The summed E-state index contributed by atoms with van der Waals surface area (Å²) in [6.45, 7) is 2.53. The maximum absolute atomic E-state index is 12.1. The lowest BCUT2D eigenvalue weighted by Gasteiger charge is -2.14. The summed E-state index contributed by atoms with van der Waals surface area (Å²) in [5.74, 6) is 0.566. The van der Waals surface area contributed by atoms with E-state index in [0.29, 0.717) is 28.8 Å². The second-order valence-corrected chi connectivity index (χ2v) is 7.09. The van der Waals surface area contributed by atoms with Crippen molar-refractivity contribution in [2.45, 2.75) is 18.5 Å². The molecule has 0 aliphatic heterocycles. The highest BCUT2D eigenvalue weighted by molar-refractivity contribution is 9.11. The highest BCUT2D eigenvalue weighted by Gasteiger charge is 2.19. The van der Waals surface area contributed by atoms with Crippen LogP contribution < -0.4 is 10.3 Å². The van der Waals surface area contributed by atoms with Gasteiger partial charge in [0.2, 0.25) is 0 Å². The van der Waals surface area contributed by atoms with Crippen molar-refractivity contribution in [3.05, 3.63) is 37.0 Å². The third kappa shape index (κ3) is 3.97. The first kappa shape index (κ1) is 18.0. The molecular weight excluding hydrogens is 446 g/mol. The molecule has 120 valence electrons. The molecule has 0 amide bonds. The largest absolute Gasteiger partial charge is 0.492 e. The molecule has 0 fully saturated rings. The fourth-order valence-electron chi connectivity index (χ4n) is 1.93. The van der Waals surface area contributed by atoms with Gasteiger partial charge in [0, 0.05) is 10.0 Å². The smallest absolute Gasteiger partial charge is 0.270 e. The molecule has 2 rings (SSSR count). The number of nitriles is 1. The number of halogens is 2. The molecule has 1 N–H and O–H groups in total. The van der Waals surface area contributed by atoms with Crippen LogP contribution in [0, 0.1) is 11.3 Å². The Balaban J connectivity index is 2.78. The third-order valence-electron chi connectivity index (χ3n) is 2.92. The van der Waals surface area contributed by atoms with E-state index in [1.54, 1.807) is 12.3 Å². The van der Waals surface area contributed by atoms with Gasteiger partial charge in [-0.15, -0.1) is 0 Å². The number of benzene rings is 1. The minimum Gasteiger partial charge on any atom is -0.492 e. The summed E-state index contributed by atoms with van der Waals surface area (Å²) in [5, 5.41) is 9.79. The molecule has 8 heteroatoms. The summed E-state index contributed by atoms with van der Waals surface area (Å²) in [6, 6.07) is 5.58. The molecule has 2 aromatic rings. The lowest BCUT2D eigenvalue weighted by atomic mass is 10.1. The predicted molar refractivity (Wildman–Crippen MR) is 98.0 cm³/mol. The molecule has 0 saturated heterocycles. The minimum absolute atomic E-state index is 0.0332. The Morgan fingerprint density at radius 1 is 1.43 bits per heavy atom. The van der Waals surface area contributed by atoms with Crippen LogP contribution in [0.1, 0.15) is 18.9 Å². The van der Waals surface area contributed by atoms with Crippen LogP contribution in [0.4, 0.5) is 0 Å². The van der Waals surface area contributed by atoms with E-state index in [2.05, 4.69) is 41.8 Å². The molecule has 0 atom stereocenters. The Kier molecular flexibility index (Phi) is 6.27. The van der Waals surface area contributed by atoms with Gasteiger partial charge in [0.25, 0.3) is 5.56 Å². The average Bonchev–Trinajstić information content (AvgIpc) is 2.52. The van der Waals surface area contributed by atoms with E-state index in [9.17, 15) is 10.1 Å². The molecule has 1 aromatic heterocycles. The van der Waals surface area contributed by atoms with Gasteiger partial charge in [0.1, 0.15) is 23.1 Å². The van der Waals surface area contributed by atoms with Crippen molar-refractivity contribution in [2.24, 2.45) is 0 Å². The van der Waals surface area contributed by atoms with Gasteiger partial charge in [-0.05, 0) is 40.7 Å². The standard InChI is InChI=1S/C15H13Br2N3O2S/c1-3-4-22-13-9(5-8(16)6-11(13)17)12-10(7-18)14(21)20-15(19-12)23-2/h5-6H,3-4H2,1-2H3,(H,19,20,21). The molecule has 0 unspecified atom stereocenters. The quantitative estimate of drug-likeness (QED) is 0.532. The number of nitrogens with zero attached hydrogens (tertiary/aromatic N) is 2. The van der Waals surface area contributed by atoms with Crippen molar-refractivity contribution < 1.29 is 4.74 Å². The molecule has 23 heavy (non-hydrogen) atoms. The molecule has 0 radical (unpaired) electrons. The Labute approximate surface area is 154 Å². The van der Waals surface area contributed by atoms with Crippen LogP contribution in [-0.4, -0.2) is 22.8 Å². The van der Waals surface area contributed by atoms with Crippen molar-refractivity contribution in [3.8, 4) is 23.1 Å². The second kappa shape index (κ2) is 7.99. The molecule has 1 aromatic carbocycles. The van der Waals surface area contributed by atoms with Crippen LogP contribution >= 0.6 is 43.6 Å². The Morgan fingerprint density at radius 2 is 2.17 bits per heavy atom. The topological polar surface area (TPSA) is 78.8 Å². The van der Waals surface area contributed by atoms with Gasteiger partial charge in [-0.2, -0.15) is 5.26 Å². The van der Waals surface area contributed by atoms with E-state index in [-0.39, 0.29) is 5.56 Å². The average molecular weight is 459 g/mol. The van der Waals surface area contributed by atoms with E-state index in [1.165, 1.54) is 11.8 Å². The van der Waals surface area contributed by atoms with Crippen LogP contribution in [0.5, 0.6) is 5.75 Å². The van der Waals surface area contributed by atoms with Crippen molar-refractivity contribution in [1.82, 2.24) is 9.97 Å². The van der Waals surface area contributed by atoms with Gasteiger partial charge < -0.3 is 9.72 Å². The summed E-state index contributed by atoms with van der Waals surface area (Å²) >= 11 is 8.20. The van der Waals surface area contributed by atoms with Gasteiger partial charge in [0.05, 0.1) is 11.1 Å². The Bertz CT molecular complexity index is 831. The number of aromatic amines is 1. The zero-order chi connectivity index (χ0) is 17.0. The zero-order valence-corrected chi connectivity index (χ0v) is 16.4. The van der Waals surface area contributed by atoms with Gasteiger partial charge in [0.15, 0.2) is 5.16 Å². The third-order valence-corrected chi connectivity index (χ3v) is 4.54. The number of nitrogens with one attached hydrogen (secondary N) is 1. The summed E-state index contributed by atoms with van der Waals surface area (Å²) in [4.78, 5) is 19.1. The van der Waals surface area contributed by atoms with Gasteiger partial charge >= 0.3 is 0 Å². The van der Waals surface area contributed by atoms with Crippen LogP contribution in [0.3, 0.4) is 0 Å². The maximum atomic E-state index is 12.1. The summed E-state index contributed by atoms with van der Waals surface area (Å²) in [5.41, 5.74) is 0.417.